The van der Waals surface area contributed by atoms with Crippen LogP contribution in [-0.2, 0) is 17.8 Å². The minimum Gasteiger partial charge on any atom is -0.479 e. The van der Waals surface area contributed by atoms with Crippen molar-refractivity contribution >= 4 is 5.97 Å². The molecule has 0 unspecified atom stereocenters. The lowest BCUT2D eigenvalue weighted by molar-refractivity contribution is -0.146. The van der Waals surface area contributed by atoms with Gasteiger partial charge in [0.05, 0.1) is 6.20 Å². The van der Waals surface area contributed by atoms with Gasteiger partial charge in [0.1, 0.15) is 0 Å². The number of rotatable bonds is 4. The second-order valence-electron chi connectivity index (χ2n) is 2.76. The van der Waals surface area contributed by atoms with Gasteiger partial charge in [0, 0.05) is 19.2 Å². The predicted molar refractivity (Wildman–Crippen MR) is 45.2 cm³/mol. The molecule has 0 aliphatic rings. The van der Waals surface area contributed by atoms with Gasteiger partial charge >= 0.3 is 5.97 Å². The van der Waals surface area contributed by atoms with Crippen molar-refractivity contribution in [1.82, 2.24) is 9.78 Å². The molecule has 1 heterocycles. The molecule has 1 aromatic rings. The Hall–Kier alpha value is -1.36. The van der Waals surface area contributed by atoms with Gasteiger partial charge in [-0.05, 0) is 12.5 Å². The minimum atomic E-state index is -1.34. The summed E-state index contributed by atoms with van der Waals surface area (Å²) in [6.45, 7) is 2.67. The molecule has 2 N–H and O–H groups in total. The van der Waals surface area contributed by atoms with Crippen molar-refractivity contribution in [2.75, 3.05) is 0 Å². The van der Waals surface area contributed by atoms with Crippen molar-refractivity contribution in [2.45, 2.75) is 26.0 Å². The molecule has 0 fully saturated rings. The lowest BCUT2D eigenvalue weighted by Gasteiger charge is -2.01. The maximum atomic E-state index is 10.3. The molecular weight excluding hydrogens is 172 g/mol. The van der Waals surface area contributed by atoms with E-state index in [1.807, 2.05) is 6.92 Å². The molecule has 1 atom stereocenters. The third-order valence-corrected chi connectivity index (χ3v) is 1.72. The third kappa shape index (κ3) is 2.55. The molecule has 0 bridgehead atoms. The summed E-state index contributed by atoms with van der Waals surface area (Å²) < 4.78 is 1.68. The number of hydrogen-bond acceptors (Lipinski definition) is 3. The highest BCUT2D eigenvalue weighted by molar-refractivity contribution is 5.72. The Morgan fingerprint density at radius 1 is 1.77 bits per heavy atom. The summed E-state index contributed by atoms with van der Waals surface area (Å²) in [6.07, 6.45) is 2.06. The number of aliphatic hydroxyl groups excluding tert-OH is 1. The molecule has 72 valence electrons. The second kappa shape index (κ2) is 4.04. The second-order valence-corrected chi connectivity index (χ2v) is 2.76. The minimum absolute atomic E-state index is 0.106. The summed E-state index contributed by atoms with van der Waals surface area (Å²) in [5.74, 6) is -1.20. The van der Waals surface area contributed by atoms with E-state index in [-0.39, 0.29) is 6.42 Å². The van der Waals surface area contributed by atoms with E-state index in [0.717, 1.165) is 12.1 Å². The van der Waals surface area contributed by atoms with E-state index in [0.29, 0.717) is 0 Å². The maximum Gasteiger partial charge on any atom is 0.332 e. The zero-order chi connectivity index (χ0) is 9.84. The topological polar surface area (TPSA) is 75.4 Å². The molecule has 0 saturated carbocycles. The zero-order valence-corrected chi connectivity index (χ0v) is 7.34. The Labute approximate surface area is 75.6 Å². The number of hydrogen-bond donors (Lipinski definition) is 2. The monoisotopic (exact) mass is 184 g/mol. The molecule has 0 spiro atoms. The summed E-state index contributed by atoms with van der Waals surface area (Å²) in [4.78, 5) is 10.3. The number of aromatic nitrogens is 2. The van der Waals surface area contributed by atoms with Gasteiger partial charge in [-0.2, -0.15) is 5.10 Å². The van der Waals surface area contributed by atoms with E-state index >= 15 is 0 Å². The summed E-state index contributed by atoms with van der Waals surface area (Å²) in [7, 11) is 0. The van der Waals surface area contributed by atoms with Crippen LogP contribution >= 0.6 is 0 Å². The van der Waals surface area contributed by atoms with Gasteiger partial charge in [-0.15, -0.1) is 0 Å². The first kappa shape index (κ1) is 9.73. The SMILES string of the molecule is CCn1cc(C[C@H](O)C(=O)O)cn1. The number of aryl methyl sites for hydroxylation is 1. The summed E-state index contributed by atoms with van der Waals surface area (Å²) in [5.41, 5.74) is 0.733. The van der Waals surface area contributed by atoms with Crippen molar-refractivity contribution in [3.63, 3.8) is 0 Å². The largest absolute Gasteiger partial charge is 0.479 e. The highest BCUT2D eigenvalue weighted by atomic mass is 16.4. The van der Waals surface area contributed by atoms with Crippen LogP contribution in [0.2, 0.25) is 0 Å². The van der Waals surface area contributed by atoms with Gasteiger partial charge in [-0.1, -0.05) is 0 Å². The number of aliphatic carboxylic acids is 1. The standard InChI is InChI=1S/C8H12N2O3/c1-2-10-5-6(4-9-10)3-7(11)8(12)13/h4-5,7,11H,2-3H2,1H3,(H,12,13)/t7-/m0/s1. The predicted octanol–water partition coefficient (Wildman–Crippen LogP) is -0.109. The molecule has 0 saturated heterocycles. The third-order valence-electron chi connectivity index (χ3n) is 1.72. The fourth-order valence-corrected chi connectivity index (χ4v) is 0.995. The van der Waals surface area contributed by atoms with Gasteiger partial charge < -0.3 is 10.2 Å². The normalized spacial score (nSPS) is 12.8. The van der Waals surface area contributed by atoms with Crippen LogP contribution in [0.4, 0.5) is 0 Å². The van der Waals surface area contributed by atoms with Crippen molar-refractivity contribution in [1.29, 1.82) is 0 Å². The number of carboxylic acid groups (broad SMARTS) is 1. The Kier molecular flexibility index (Phi) is 3.02. The molecule has 0 amide bonds. The quantitative estimate of drug-likeness (QED) is 0.684. The highest BCUT2D eigenvalue weighted by Gasteiger charge is 2.14. The first-order chi connectivity index (χ1) is 6.13. The first-order valence-electron chi connectivity index (χ1n) is 4.05. The highest BCUT2D eigenvalue weighted by Crippen LogP contribution is 2.02. The van der Waals surface area contributed by atoms with E-state index in [1.54, 1.807) is 17.1 Å². The van der Waals surface area contributed by atoms with Crippen molar-refractivity contribution in [2.24, 2.45) is 0 Å². The summed E-state index contributed by atoms with van der Waals surface area (Å²) in [5, 5.41) is 21.4. The molecular formula is C8H12N2O3. The number of carbonyl (C=O) groups is 1. The molecule has 1 rings (SSSR count). The van der Waals surface area contributed by atoms with Crippen molar-refractivity contribution in [3.05, 3.63) is 18.0 Å². The molecule has 0 aliphatic heterocycles. The average molecular weight is 184 g/mol. The van der Waals surface area contributed by atoms with Crippen LogP contribution in [0.1, 0.15) is 12.5 Å². The van der Waals surface area contributed by atoms with Crippen LogP contribution in [0.3, 0.4) is 0 Å². The summed E-state index contributed by atoms with van der Waals surface area (Å²) >= 11 is 0. The van der Waals surface area contributed by atoms with Crippen LogP contribution in [-0.4, -0.2) is 32.1 Å². The lowest BCUT2D eigenvalue weighted by atomic mass is 10.2. The molecule has 0 aromatic carbocycles. The first-order valence-corrected chi connectivity index (χ1v) is 4.05. The molecule has 1 aromatic heterocycles. The Morgan fingerprint density at radius 2 is 2.46 bits per heavy atom. The number of carboxylic acids is 1. The Balaban J connectivity index is 2.58. The smallest absolute Gasteiger partial charge is 0.332 e. The van der Waals surface area contributed by atoms with Gasteiger partial charge in [0.25, 0.3) is 0 Å². The van der Waals surface area contributed by atoms with Crippen molar-refractivity contribution in [3.8, 4) is 0 Å². The van der Waals surface area contributed by atoms with E-state index in [9.17, 15) is 4.79 Å². The Bertz CT molecular complexity index is 295. The van der Waals surface area contributed by atoms with E-state index < -0.39 is 12.1 Å². The number of nitrogens with zero attached hydrogens (tertiary/aromatic N) is 2. The van der Waals surface area contributed by atoms with Gasteiger partial charge in [0.15, 0.2) is 6.10 Å². The van der Waals surface area contributed by atoms with Gasteiger partial charge in [0.2, 0.25) is 0 Å². The number of aliphatic hydroxyl groups is 1. The van der Waals surface area contributed by atoms with E-state index in [2.05, 4.69) is 5.10 Å². The molecule has 0 radical (unpaired) electrons. The molecule has 5 heteroatoms. The Morgan fingerprint density at radius 3 is 2.92 bits per heavy atom. The molecule has 5 nitrogen and oxygen atoms in total. The fourth-order valence-electron chi connectivity index (χ4n) is 0.995. The maximum absolute atomic E-state index is 10.3. The summed E-state index contributed by atoms with van der Waals surface area (Å²) in [6, 6.07) is 0. The van der Waals surface area contributed by atoms with E-state index in [4.69, 9.17) is 10.2 Å². The van der Waals surface area contributed by atoms with Crippen LogP contribution in [0, 0.1) is 0 Å². The van der Waals surface area contributed by atoms with Gasteiger partial charge in [-0.25, -0.2) is 4.79 Å². The van der Waals surface area contributed by atoms with Crippen LogP contribution in [0.15, 0.2) is 12.4 Å². The molecule has 13 heavy (non-hydrogen) atoms. The van der Waals surface area contributed by atoms with Crippen LogP contribution in [0.25, 0.3) is 0 Å². The fraction of sp³-hybridized carbons (Fsp3) is 0.500. The van der Waals surface area contributed by atoms with Crippen LogP contribution < -0.4 is 0 Å². The van der Waals surface area contributed by atoms with Crippen molar-refractivity contribution < 1.29 is 15.0 Å². The zero-order valence-electron chi connectivity index (χ0n) is 7.34. The average Bonchev–Trinajstić information content (AvgIpc) is 2.52. The molecule has 0 aliphatic carbocycles. The van der Waals surface area contributed by atoms with Gasteiger partial charge in [-0.3, -0.25) is 4.68 Å². The lowest BCUT2D eigenvalue weighted by Crippen LogP contribution is -2.21. The van der Waals surface area contributed by atoms with Crippen LogP contribution in [0.5, 0.6) is 0 Å². The van der Waals surface area contributed by atoms with E-state index in [1.165, 1.54) is 0 Å².